The molecule has 4 heteroatoms. The van der Waals surface area contributed by atoms with Gasteiger partial charge in [0.15, 0.2) is 11.6 Å². The molecule has 0 radical (unpaired) electrons. The van der Waals surface area contributed by atoms with Gasteiger partial charge in [0.2, 0.25) is 0 Å². The lowest BCUT2D eigenvalue weighted by molar-refractivity contribution is -0.143. The number of halogens is 1. The van der Waals surface area contributed by atoms with E-state index in [1.165, 1.54) is 0 Å². The van der Waals surface area contributed by atoms with Crippen LogP contribution in [0.4, 0.5) is 0 Å². The molecule has 0 amide bonds. The molecule has 1 N–H and O–H groups in total. The summed E-state index contributed by atoms with van der Waals surface area (Å²) in [6.07, 6.45) is 0.738. The molecule has 0 fully saturated rings. The number of ketones is 2. The number of aryl methyl sites for hydroxylation is 1. The molecular formula is C18H21BrO3. The summed E-state index contributed by atoms with van der Waals surface area (Å²) < 4.78 is 0.834. The van der Waals surface area contributed by atoms with Crippen LogP contribution in [0.5, 0.6) is 0 Å². The molecule has 0 saturated heterocycles. The van der Waals surface area contributed by atoms with Crippen LogP contribution in [0.1, 0.15) is 45.7 Å². The molecule has 3 nitrogen and oxygen atoms in total. The van der Waals surface area contributed by atoms with Gasteiger partial charge in [0.05, 0.1) is 16.4 Å². The Morgan fingerprint density at radius 3 is 2.23 bits per heavy atom. The van der Waals surface area contributed by atoms with E-state index in [1.807, 2.05) is 25.1 Å². The van der Waals surface area contributed by atoms with E-state index in [-0.39, 0.29) is 22.9 Å². The van der Waals surface area contributed by atoms with Gasteiger partial charge in [-0.25, -0.2) is 0 Å². The summed E-state index contributed by atoms with van der Waals surface area (Å²) in [5.74, 6) is -0.698. The van der Waals surface area contributed by atoms with Gasteiger partial charge >= 0.3 is 0 Å². The van der Waals surface area contributed by atoms with Crippen molar-refractivity contribution >= 4 is 33.1 Å². The van der Waals surface area contributed by atoms with Crippen LogP contribution in [-0.4, -0.2) is 16.7 Å². The number of aliphatic hydroxyl groups is 1. The summed E-state index contributed by atoms with van der Waals surface area (Å²) in [5, 5.41) is 10.7. The largest absolute Gasteiger partial charge is 0.510 e. The summed E-state index contributed by atoms with van der Waals surface area (Å²) in [5.41, 5.74) is -0.266. The lowest BCUT2D eigenvalue weighted by atomic mass is 9.62. The molecule has 2 rings (SSSR count). The number of carbonyl (C=O) groups is 2. The smallest absolute Gasteiger partial charge is 0.179 e. The monoisotopic (exact) mass is 364 g/mol. The molecule has 0 atom stereocenters. The predicted molar refractivity (Wildman–Crippen MR) is 90.6 cm³/mol. The van der Waals surface area contributed by atoms with Crippen molar-refractivity contribution in [2.24, 2.45) is 10.8 Å². The minimum Gasteiger partial charge on any atom is -0.510 e. The van der Waals surface area contributed by atoms with Gasteiger partial charge in [0.1, 0.15) is 5.76 Å². The number of allylic oxidation sites excluding steroid dienone is 2. The van der Waals surface area contributed by atoms with Gasteiger partial charge in [-0.1, -0.05) is 28.9 Å². The highest BCUT2D eigenvalue weighted by molar-refractivity contribution is 9.10. The van der Waals surface area contributed by atoms with Crippen LogP contribution in [0.2, 0.25) is 0 Å². The minimum absolute atomic E-state index is 0.130. The SMILES string of the molecule is CCc1ccc(Br)cc1C1=C(O)C(C)(C)C(=O)C(C)(C)C1=O. The Hall–Kier alpha value is -1.42. The van der Waals surface area contributed by atoms with Crippen molar-refractivity contribution < 1.29 is 14.7 Å². The van der Waals surface area contributed by atoms with Gasteiger partial charge in [-0.2, -0.15) is 0 Å². The zero-order valence-corrected chi connectivity index (χ0v) is 15.2. The van der Waals surface area contributed by atoms with Crippen molar-refractivity contribution in [3.8, 4) is 0 Å². The summed E-state index contributed by atoms with van der Waals surface area (Å²) in [6.45, 7) is 8.61. The average Bonchev–Trinajstić information content (AvgIpc) is 2.45. The second-order valence-electron chi connectivity index (χ2n) is 6.79. The zero-order chi connectivity index (χ0) is 16.9. The predicted octanol–water partition coefficient (Wildman–Crippen LogP) is 4.48. The Morgan fingerprint density at radius 1 is 1.09 bits per heavy atom. The Balaban J connectivity index is 2.83. The molecule has 0 aliphatic heterocycles. The third kappa shape index (κ3) is 2.34. The first kappa shape index (κ1) is 16.9. The van der Waals surface area contributed by atoms with Crippen LogP contribution < -0.4 is 0 Å². The first-order valence-electron chi connectivity index (χ1n) is 7.37. The maximum absolute atomic E-state index is 12.9. The fourth-order valence-electron chi connectivity index (χ4n) is 3.06. The minimum atomic E-state index is -1.14. The second-order valence-corrected chi connectivity index (χ2v) is 7.70. The number of hydrogen-bond donors (Lipinski definition) is 1. The molecule has 0 unspecified atom stereocenters. The van der Waals surface area contributed by atoms with E-state index in [0.717, 1.165) is 16.5 Å². The molecule has 1 aliphatic carbocycles. The Morgan fingerprint density at radius 2 is 1.68 bits per heavy atom. The number of benzene rings is 1. The molecule has 1 aliphatic rings. The van der Waals surface area contributed by atoms with Gasteiger partial charge in [0, 0.05) is 4.47 Å². The van der Waals surface area contributed by atoms with Gasteiger partial charge in [-0.3, -0.25) is 9.59 Å². The molecule has 0 spiro atoms. The van der Waals surface area contributed by atoms with E-state index in [0.29, 0.717) is 5.56 Å². The number of rotatable bonds is 2. The highest BCUT2D eigenvalue weighted by Crippen LogP contribution is 2.46. The third-order valence-corrected chi connectivity index (χ3v) is 4.97. The van der Waals surface area contributed by atoms with Crippen LogP contribution >= 0.6 is 15.9 Å². The van der Waals surface area contributed by atoms with Crippen molar-refractivity contribution in [1.29, 1.82) is 0 Å². The van der Waals surface area contributed by atoms with E-state index in [1.54, 1.807) is 27.7 Å². The van der Waals surface area contributed by atoms with Gasteiger partial charge < -0.3 is 5.11 Å². The number of carbonyl (C=O) groups excluding carboxylic acids is 2. The standard InChI is InChI=1S/C18H21BrO3/c1-6-10-7-8-11(19)9-12(10)13-14(20)17(2,3)16(22)18(4,5)15(13)21/h7-9,20H,6H2,1-5H3. The lowest BCUT2D eigenvalue weighted by Crippen LogP contribution is -2.48. The van der Waals surface area contributed by atoms with E-state index in [4.69, 9.17) is 0 Å². The molecule has 0 bridgehead atoms. The van der Waals surface area contributed by atoms with Crippen LogP contribution in [0.15, 0.2) is 28.4 Å². The van der Waals surface area contributed by atoms with E-state index < -0.39 is 10.8 Å². The Bertz CT molecular complexity index is 696. The number of Topliss-reactive ketones (excluding diaryl/α,β-unsaturated/α-hetero) is 2. The van der Waals surface area contributed by atoms with E-state index >= 15 is 0 Å². The highest BCUT2D eigenvalue weighted by Gasteiger charge is 2.53. The molecule has 22 heavy (non-hydrogen) atoms. The topological polar surface area (TPSA) is 54.4 Å². The summed E-state index contributed by atoms with van der Waals surface area (Å²) in [4.78, 5) is 25.4. The molecule has 1 aromatic carbocycles. The quantitative estimate of drug-likeness (QED) is 0.786. The van der Waals surface area contributed by atoms with E-state index in [9.17, 15) is 14.7 Å². The number of aliphatic hydroxyl groups excluding tert-OH is 1. The van der Waals surface area contributed by atoms with Crippen molar-refractivity contribution in [2.45, 2.75) is 41.0 Å². The highest BCUT2D eigenvalue weighted by atomic mass is 79.9. The van der Waals surface area contributed by atoms with Crippen LogP contribution in [0.25, 0.3) is 5.57 Å². The van der Waals surface area contributed by atoms with Crippen LogP contribution in [-0.2, 0) is 16.0 Å². The van der Waals surface area contributed by atoms with Crippen LogP contribution in [0, 0.1) is 10.8 Å². The van der Waals surface area contributed by atoms with Crippen molar-refractivity contribution in [3.05, 3.63) is 39.6 Å². The molecular weight excluding hydrogens is 344 g/mol. The molecule has 118 valence electrons. The van der Waals surface area contributed by atoms with Crippen molar-refractivity contribution in [3.63, 3.8) is 0 Å². The maximum Gasteiger partial charge on any atom is 0.179 e. The lowest BCUT2D eigenvalue weighted by Gasteiger charge is -2.38. The van der Waals surface area contributed by atoms with Gasteiger partial charge in [-0.15, -0.1) is 0 Å². The summed E-state index contributed by atoms with van der Waals surface area (Å²) in [6, 6.07) is 5.68. The fraction of sp³-hybridized carbons (Fsp3) is 0.444. The van der Waals surface area contributed by atoms with Crippen molar-refractivity contribution in [2.75, 3.05) is 0 Å². The number of hydrogen-bond acceptors (Lipinski definition) is 3. The molecule has 0 aromatic heterocycles. The van der Waals surface area contributed by atoms with Gasteiger partial charge in [-0.05, 0) is 57.4 Å². The molecule has 1 aromatic rings. The normalized spacial score (nSPS) is 20.5. The summed E-state index contributed by atoms with van der Waals surface area (Å²) in [7, 11) is 0. The summed E-state index contributed by atoms with van der Waals surface area (Å²) >= 11 is 3.42. The van der Waals surface area contributed by atoms with E-state index in [2.05, 4.69) is 15.9 Å². The molecule has 0 saturated carbocycles. The maximum atomic E-state index is 12.9. The van der Waals surface area contributed by atoms with Crippen molar-refractivity contribution in [1.82, 2.24) is 0 Å². The first-order valence-corrected chi connectivity index (χ1v) is 8.16. The first-order chi connectivity index (χ1) is 10.0. The molecule has 0 heterocycles. The third-order valence-electron chi connectivity index (χ3n) is 4.48. The van der Waals surface area contributed by atoms with Gasteiger partial charge in [0.25, 0.3) is 0 Å². The second kappa shape index (κ2) is 5.34. The average molecular weight is 365 g/mol. The van der Waals surface area contributed by atoms with Crippen LogP contribution in [0.3, 0.4) is 0 Å². The Kier molecular flexibility index (Phi) is 4.11. The Labute approximate surface area is 139 Å². The zero-order valence-electron chi connectivity index (χ0n) is 13.6. The fourth-order valence-corrected chi connectivity index (χ4v) is 3.43.